The molecule has 0 saturated carbocycles. The highest BCUT2D eigenvalue weighted by Crippen LogP contribution is 2.12. The lowest BCUT2D eigenvalue weighted by Gasteiger charge is -2.27. The van der Waals surface area contributed by atoms with Gasteiger partial charge >= 0.3 is 5.97 Å². The van der Waals surface area contributed by atoms with Gasteiger partial charge in [-0.1, -0.05) is 26.0 Å². The Balaban J connectivity index is 3.17. The zero-order chi connectivity index (χ0) is 32.7. The molecule has 12 N–H and O–H groups in total. The van der Waals surface area contributed by atoms with Crippen LogP contribution in [0.1, 0.15) is 52.0 Å². The van der Waals surface area contributed by atoms with E-state index in [0.29, 0.717) is 31.4 Å². The first-order chi connectivity index (χ1) is 20.2. The summed E-state index contributed by atoms with van der Waals surface area (Å²) in [5, 5.41) is 48.1. The number of unbranched alkanes of at least 4 members (excludes halogenated alkanes) is 1. The second-order valence-electron chi connectivity index (χ2n) is 10.8. The molecule has 0 aliphatic heterocycles. The average molecular weight is 611 g/mol. The van der Waals surface area contributed by atoms with E-state index in [0.717, 1.165) is 0 Å². The minimum atomic E-state index is -1.65. The molecule has 0 bridgehead atoms. The predicted octanol–water partition coefficient (Wildman–Crippen LogP) is -2.17. The first-order valence-corrected chi connectivity index (χ1v) is 14.2. The number of phenolic OH excluding ortho intramolecular Hbond substituents is 1. The summed E-state index contributed by atoms with van der Waals surface area (Å²) in [5.41, 5.74) is 12.0. The minimum Gasteiger partial charge on any atom is -0.508 e. The number of carboxylic acids is 1. The van der Waals surface area contributed by atoms with Gasteiger partial charge in [-0.25, -0.2) is 4.79 Å². The summed E-state index contributed by atoms with van der Waals surface area (Å²) in [6, 6.07) is -0.929. The first kappa shape index (κ1) is 37.2. The van der Waals surface area contributed by atoms with Crippen molar-refractivity contribution in [3.63, 3.8) is 0 Å². The molecule has 0 saturated heterocycles. The molecule has 0 aromatic heterocycles. The van der Waals surface area contributed by atoms with Gasteiger partial charge in [0.1, 0.15) is 29.9 Å². The zero-order valence-electron chi connectivity index (χ0n) is 24.8. The van der Waals surface area contributed by atoms with Gasteiger partial charge in [0.25, 0.3) is 0 Å². The molecule has 15 nitrogen and oxygen atoms in total. The molecule has 0 fully saturated rings. The quantitative estimate of drug-likeness (QED) is 0.0753. The smallest absolute Gasteiger partial charge is 0.328 e. The number of carboxylic acid groups (broad SMARTS) is 1. The van der Waals surface area contributed by atoms with Gasteiger partial charge in [-0.3, -0.25) is 19.2 Å². The Morgan fingerprint density at radius 3 is 1.88 bits per heavy atom. The molecule has 4 amide bonds. The molecular weight excluding hydrogens is 564 g/mol. The van der Waals surface area contributed by atoms with Crippen molar-refractivity contribution in [3.8, 4) is 5.75 Å². The fraction of sp³-hybridized carbons (Fsp3) is 0.607. The number of hydrogen-bond donors (Lipinski definition) is 10. The first-order valence-electron chi connectivity index (χ1n) is 14.2. The molecule has 0 spiro atoms. The Kier molecular flexibility index (Phi) is 16.2. The SMILES string of the molecule is CC(C)CC(N)C(=O)NC(CCCCN)C(=O)NC(C(=O)NC(Cc1ccc(O)cc1)C(=O)NC(CO)C(=O)O)C(C)O. The van der Waals surface area contributed by atoms with Gasteiger partial charge in [0, 0.05) is 6.42 Å². The number of aliphatic hydroxyl groups is 2. The molecule has 1 aromatic carbocycles. The summed E-state index contributed by atoms with van der Waals surface area (Å²) >= 11 is 0. The molecule has 6 atom stereocenters. The van der Waals surface area contributed by atoms with E-state index in [1.165, 1.54) is 31.2 Å². The van der Waals surface area contributed by atoms with Gasteiger partial charge < -0.3 is 53.2 Å². The van der Waals surface area contributed by atoms with Gasteiger partial charge in [0.2, 0.25) is 23.6 Å². The molecule has 6 unspecified atom stereocenters. The molecule has 1 aromatic rings. The average Bonchev–Trinajstić information content (AvgIpc) is 2.93. The number of aliphatic hydroxyl groups excluding tert-OH is 2. The van der Waals surface area contributed by atoms with E-state index >= 15 is 0 Å². The molecule has 1 rings (SSSR count). The highest BCUT2D eigenvalue weighted by atomic mass is 16.4. The molecule has 0 radical (unpaired) electrons. The maximum absolute atomic E-state index is 13.3. The fourth-order valence-electron chi connectivity index (χ4n) is 4.11. The highest BCUT2D eigenvalue weighted by molar-refractivity contribution is 5.95. The summed E-state index contributed by atoms with van der Waals surface area (Å²) in [6.07, 6.45) is -0.0101. The van der Waals surface area contributed by atoms with Crippen LogP contribution in [-0.2, 0) is 30.4 Å². The van der Waals surface area contributed by atoms with Crippen LogP contribution < -0.4 is 32.7 Å². The monoisotopic (exact) mass is 610 g/mol. The van der Waals surface area contributed by atoms with Crippen LogP contribution in [0.15, 0.2) is 24.3 Å². The van der Waals surface area contributed by atoms with Crippen molar-refractivity contribution < 1.29 is 44.4 Å². The van der Waals surface area contributed by atoms with E-state index in [4.69, 9.17) is 11.5 Å². The topological polar surface area (TPSA) is 266 Å². The summed E-state index contributed by atoms with van der Waals surface area (Å²) in [4.78, 5) is 63.6. The molecule has 242 valence electrons. The Bertz CT molecular complexity index is 1070. The Hall–Kier alpha value is -3.79. The van der Waals surface area contributed by atoms with Gasteiger partial charge in [-0.2, -0.15) is 0 Å². The van der Waals surface area contributed by atoms with E-state index in [9.17, 15) is 44.4 Å². The zero-order valence-corrected chi connectivity index (χ0v) is 24.8. The number of phenols is 1. The second-order valence-corrected chi connectivity index (χ2v) is 10.8. The van der Waals surface area contributed by atoms with Crippen LogP contribution in [0.5, 0.6) is 5.75 Å². The highest BCUT2D eigenvalue weighted by Gasteiger charge is 2.33. The third kappa shape index (κ3) is 13.4. The van der Waals surface area contributed by atoms with Crippen LogP contribution in [-0.4, -0.2) is 99.5 Å². The maximum Gasteiger partial charge on any atom is 0.328 e. The molecule has 0 heterocycles. The molecule has 0 aliphatic carbocycles. The van der Waals surface area contributed by atoms with Crippen LogP contribution in [0.25, 0.3) is 0 Å². The third-order valence-electron chi connectivity index (χ3n) is 6.51. The minimum absolute atomic E-state index is 0.0461. The number of nitrogens with two attached hydrogens (primary N) is 2. The van der Waals surface area contributed by atoms with E-state index in [-0.39, 0.29) is 24.5 Å². The lowest BCUT2D eigenvalue weighted by Crippen LogP contribution is -2.61. The molecule has 0 aliphatic rings. The number of carbonyl (C=O) groups excluding carboxylic acids is 4. The van der Waals surface area contributed by atoms with Crippen molar-refractivity contribution in [2.45, 2.75) is 89.2 Å². The van der Waals surface area contributed by atoms with Gasteiger partial charge in [0.15, 0.2) is 0 Å². The number of aromatic hydroxyl groups is 1. The van der Waals surface area contributed by atoms with Crippen molar-refractivity contribution in [2.24, 2.45) is 17.4 Å². The predicted molar refractivity (Wildman–Crippen MR) is 156 cm³/mol. The van der Waals surface area contributed by atoms with Gasteiger partial charge in [-0.05, 0) is 62.8 Å². The number of benzene rings is 1. The number of amides is 4. The molecule has 15 heteroatoms. The van der Waals surface area contributed by atoms with Gasteiger partial charge in [0.05, 0.1) is 18.8 Å². The lowest BCUT2D eigenvalue weighted by atomic mass is 10.0. The standard InChI is InChI=1S/C28H46N6O9/c1-15(2)12-19(30)24(38)31-20(6-4-5-11-29)25(39)34-23(16(3)36)27(41)32-21(13-17-7-9-18(37)10-8-17)26(40)33-22(14-35)28(42)43/h7-10,15-16,19-23,35-37H,4-6,11-14,29-30H2,1-3H3,(H,31,38)(H,32,41)(H,33,40)(H,34,39)(H,42,43). The second kappa shape index (κ2) is 18.7. The number of aliphatic carboxylic acids is 1. The fourth-order valence-corrected chi connectivity index (χ4v) is 4.11. The number of rotatable bonds is 19. The Morgan fingerprint density at radius 2 is 1.37 bits per heavy atom. The number of carbonyl (C=O) groups is 5. The summed E-state index contributed by atoms with van der Waals surface area (Å²) in [6.45, 7) is 4.48. The molecule has 43 heavy (non-hydrogen) atoms. The lowest BCUT2D eigenvalue weighted by molar-refractivity contribution is -0.143. The normalized spacial score (nSPS) is 15.3. The maximum atomic E-state index is 13.3. The summed E-state index contributed by atoms with van der Waals surface area (Å²) < 4.78 is 0. The number of hydrogen-bond acceptors (Lipinski definition) is 10. The van der Waals surface area contributed by atoms with Gasteiger partial charge in [-0.15, -0.1) is 0 Å². The summed E-state index contributed by atoms with van der Waals surface area (Å²) in [5.74, 6) is -4.67. The van der Waals surface area contributed by atoms with Crippen molar-refractivity contribution in [2.75, 3.05) is 13.2 Å². The molecular formula is C28H46N6O9. The van der Waals surface area contributed by atoms with E-state index in [1.807, 2.05) is 13.8 Å². The van der Waals surface area contributed by atoms with Crippen molar-refractivity contribution in [1.82, 2.24) is 21.3 Å². The van der Waals surface area contributed by atoms with E-state index < -0.39 is 72.5 Å². The third-order valence-corrected chi connectivity index (χ3v) is 6.51. The Morgan fingerprint density at radius 1 is 0.814 bits per heavy atom. The number of nitrogens with one attached hydrogen (secondary N) is 4. The van der Waals surface area contributed by atoms with Crippen molar-refractivity contribution in [3.05, 3.63) is 29.8 Å². The summed E-state index contributed by atoms with van der Waals surface area (Å²) in [7, 11) is 0. The van der Waals surface area contributed by atoms with Crippen LogP contribution >= 0.6 is 0 Å². The van der Waals surface area contributed by atoms with Crippen molar-refractivity contribution in [1.29, 1.82) is 0 Å². The van der Waals surface area contributed by atoms with Crippen molar-refractivity contribution >= 4 is 29.6 Å². The largest absolute Gasteiger partial charge is 0.508 e. The van der Waals surface area contributed by atoms with E-state index in [2.05, 4.69) is 21.3 Å². The van der Waals surface area contributed by atoms with Crippen LogP contribution in [0.2, 0.25) is 0 Å². The van der Waals surface area contributed by atoms with Crippen LogP contribution in [0.4, 0.5) is 0 Å². The van der Waals surface area contributed by atoms with Crippen LogP contribution in [0.3, 0.4) is 0 Å². The Labute approximate surface area is 250 Å². The van der Waals surface area contributed by atoms with Crippen LogP contribution in [0, 0.1) is 5.92 Å². The van der Waals surface area contributed by atoms with E-state index in [1.54, 1.807) is 0 Å².